The summed E-state index contributed by atoms with van der Waals surface area (Å²) < 4.78 is 43.2. The molecule has 148 valence electrons. The molecule has 26 heavy (non-hydrogen) atoms. The Morgan fingerprint density at radius 3 is 2.38 bits per heavy atom. The van der Waals surface area contributed by atoms with Crippen molar-refractivity contribution in [3.05, 3.63) is 29.3 Å². The Morgan fingerprint density at radius 2 is 1.88 bits per heavy atom. The molecular formula is C16H24F3N3O4. The molecule has 0 bridgehead atoms. The molecule has 1 aromatic rings. The van der Waals surface area contributed by atoms with Gasteiger partial charge >= 0.3 is 12.3 Å². The van der Waals surface area contributed by atoms with E-state index in [-0.39, 0.29) is 24.2 Å². The van der Waals surface area contributed by atoms with E-state index in [0.29, 0.717) is 0 Å². The molecule has 0 aromatic heterocycles. The number of rotatable bonds is 6. The van der Waals surface area contributed by atoms with Crippen LogP contribution in [0, 0.1) is 0 Å². The van der Waals surface area contributed by atoms with Crippen molar-refractivity contribution in [3.8, 4) is 0 Å². The summed E-state index contributed by atoms with van der Waals surface area (Å²) in [7, 11) is 0. The van der Waals surface area contributed by atoms with Gasteiger partial charge in [0.05, 0.1) is 17.4 Å². The number of aliphatic hydroxyl groups excluding tert-OH is 2. The van der Waals surface area contributed by atoms with Crippen molar-refractivity contribution >= 4 is 11.8 Å². The van der Waals surface area contributed by atoms with Crippen LogP contribution in [-0.2, 0) is 10.9 Å². The number of aliphatic hydroxyl groups is 2. The summed E-state index contributed by atoms with van der Waals surface area (Å²) in [5, 5.41) is 22.6. The Morgan fingerprint density at radius 1 is 1.27 bits per heavy atom. The molecule has 7 nitrogen and oxygen atoms in total. The lowest BCUT2D eigenvalue weighted by Crippen LogP contribution is -2.34. The van der Waals surface area contributed by atoms with Crippen molar-refractivity contribution in [1.82, 2.24) is 5.32 Å². The first-order valence-electron chi connectivity index (χ1n) is 7.86. The number of carbonyl (C=O) groups is 1. The highest BCUT2D eigenvalue weighted by molar-refractivity contribution is 5.67. The van der Waals surface area contributed by atoms with E-state index in [1.165, 1.54) is 0 Å². The first-order valence-corrected chi connectivity index (χ1v) is 7.86. The van der Waals surface area contributed by atoms with Gasteiger partial charge in [0.15, 0.2) is 0 Å². The summed E-state index contributed by atoms with van der Waals surface area (Å²) in [6.45, 7) is 5.07. The standard InChI is InChI=1S/C16H24F3N3O4/c1-15(2,3)26-14(25)21-7-6-12(23)13(24)10-5-4-9(16(17,18)19)8-11(10)22-20/h4-5,8,12-13,22-24H,6-7,20H2,1-3H3,(H,21,25). The van der Waals surface area contributed by atoms with Crippen LogP contribution in [0.15, 0.2) is 18.2 Å². The number of hydrogen-bond acceptors (Lipinski definition) is 6. The Hall–Kier alpha value is -2.04. The number of amides is 1. The minimum absolute atomic E-state index is 0.000832. The minimum atomic E-state index is -4.56. The maximum atomic E-state index is 12.7. The van der Waals surface area contributed by atoms with Crippen molar-refractivity contribution in [2.75, 3.05) is 12.0 Å². The van der Waals surface area contributed by atoms with Crippen LogP contribution in [0.2, 0.25) is 0 Å². The van der Waals surface area contributed by atoms with Gasteiger partial charge in [-0.3, -0.25) is 5.84 Å². The number of anilines is 1. The number of halogens is 3. The summed E-state index contributed by atoms with van der Waals surface area (Å²) in [4.78, 5) is 11.5. The first-order chi connectivity index (χ1) is 11.8. The molecule has 10 heteroatoms. The predicted octanol–water partition coefficient (Wildman–Crippen LogP) is 2.30. The molecule has 1 amide bonds. The quantitative estimate of drug-likeness (QED) is 0.383. The summed E-state index contributed by atoms with van der Waals surface area (Å²) in [5.74, 6) is 5.22. The lowest BCUT2D eigenvalue weighted by atomic mass is 9.98. The van der Waals surface area contributed by atoms with Crippen LogP contribution in [0.4, 0.5) is 23.7 Å². The number of carbonyl (C=O) groups excluding carboxylic acids is 1. The maximum absolute atomic E-state index is 12.7. The number of benzene rings is 1. The van der Waals surface area contributed by atoms with Crippen molar-refractivity contribution in [3.63, 3.8) is 0 Å². The van der Waals surface area contributed by atoms with Crippen LogP contribution in [0.3, 0.4) is 0 Å². The Balaban J connectivity index is 2.71. The molecule has 0 fully saturated rings. The SMILES string of the molecule is CC(C)(C)OC(=O)NCCC(O)C(O)c1ccc(C(F)(F)F)cc1NN. The largest absolute Gasteiger partial charge is 0.444 e. The Kier molecular flexibility index (Phi) is 7.25. The first kappa shape index (κ1) is 22.0. The van der Waals surface area contributed by atoms with Gasteiger partial charge in [0.2, 0.25) is 0 Å². The van der Waals surface area contributed by atoms with Crippen LogP contribution in [0.1, 0.15) is 44.4 Å². The number of nitrogens with one attached hydrogen (secondary N) is 2. The van der Waals surface area contributed by atoms with Crippen LogP contribution in [0.5, 0.6) is 0 Å². The molecule has 1 aromatic carbocycles. The molecule has 1 rings (SSSR count). The van der Waals surface area contributed by atoms with Gasteiger partial charge in [0, 0.05) is 12.1 Å². The molecule has 0 aliphatic heterocycles. The summed E-state index contributed by atoms with van der Waals surface area (Å²) >= 11 is 0. The van der Waals surface area contributed by atoms with E-state index in [2.05, 4.69) is 10.7 Å². The number of ether oxygens (including phenoxy) is 1. The second-order valence-corrected chi connectivity index (χ2v) is 6.67. The Bertz CT molecular complexity index is 618. The lowest BCUT2D eigenvalue weighted by molar-refractivity contribution is -0.137. The molecular weight excluding hydrogens is 355 g/mol. The molecule has 0 radical (unpaired) electrons. The van der Waals surface area contributed by atoms with Gasteiger partial charge in [-0.1, -0.05) is 6.07 Å². The zero-order chi connectivity index (χ0) is 20.1. The van der Waals surface area contributed by atoms with Gasteiger partial charge in [0.25, 0.3) is 0 Å². The van der Waals surface area contributed by atoms with Gasteiger partial charge in [-0.15, -0.1) is 0 Å². The number of hydrazine groups is 1. The van der Waals surface area contributed by atoms with E-state index in [9.17, 15) is 28.2 Å². The fraction of sp³-hybridized carbons (Fsp3) is 0.562. The molecule has 0 heterocycles. The molecule has 0 aliphatic rings. The van der Waals surface area contributed by atoms with Crippen LogP contribution in [0.25, 0.3) is 0 Å². The second-order valence-electron chi connectivity index (χ2n) is 6.67. The average molecular weight is 379 g/mol. The average Bonchev–Trinajstić information content (AvgIpc) is 2.50. The van der Waals surface area contributed by atoms with Gasteiger partial charge in [-0.05, 0) is 39.3 Å². The molecule has 0 saturated carbocycles. The number of hydrogen-bond donors (Lipinski definition) is 5. The van der Waals surface area contributed by atoms with Crippen molar-refractivity contribution in [2.24, 2.45) is 5.84 Å². The van der Waals surface area contributed by atoms with Crippen LogP contribution in [-0.4, -0.2) is 34.6 Å². The van der Waals surface area contributed by atoms with Crippen molar-refractivity contribution in [2.45, 2.75) is 51.2 Å². The van der Waals surface area contributed by atoms with Crippen LogP contribution >= 0.6 is 0 Å². The van der Waals surface area contributed by atoms with E-state index < -0.39 is 35.6 Å². The third-order valence-corrected chi connectivity index (χ3v) is 3.33. The number of nitrogens with two attached hydrogens (primary N) is 1. The third-order valence-electron chi connectivity index (χ3n) is 3.33. The van der Waals surface area contributed by atoms with Gasteiger partial charge in [-0.2, -0.15) is 13.2 Å². The van der Waals surface area contributed by atoms with Crippen molar-refractivity contribution < 1.29 is 32.9 Å². The fourth-order valence-electron chi connectivity index (χ4n) is 2.12. The highest BCUT2D eigenvalue weighted by Crippen LogP contribution is 2.34. The molecule has 0 aliphatic carbocycles. The minimum Gasteiger partial charge on any atom is -0.444 e. The Labute approximate surface area is 149 Å². The highest BCUT2D eigenvalue weighted by Gasteiger charge is 2.32. The van der Waals surface area contributed by atoms with E-state index in [1.54, 1.807) is 20.8 Å². The maximum Gasteiger partial charge on any atom is 0.416 e. The van der Waals surface area contributed by atoms with E-state index in [1.807, 2.05) is 0 Å². The lowest BCUT2D eigenvalue weighted by Gasteiger charge is -2.23. The number of alkyl carbamates (subject to hydrolysis) is 1. The van der Waals surface area contributed by atoms with Crippen molar-refractivity contribution in [1.29, 1.82) is 0 Å². The highest BCUT2D eigenvalue weighted by atomic mass is 19.4. The van der Waals surface area contributed by atoms with E-state index >= 15 is 0 Å². The van der Waals surface area contributed by atoms with Gasteiger partial charge < -0.3 is 25.7 Å². The molecule has 2 unspecified atom stereocenters. The summed E-state index contributed by atoms with van der Waals surface area (Å²) in [6, 6.07) is 2.56. The zero-order valence-electron chi connectivity index (χ0n) is 14.7. The molecule has 0 saturated heterocycles. The summed E-state index contributed by atoms with van der Waals surface area (Å²) in [5.41, 5.74) is 0.309. The zero-order valence-corrected chi connectivity index (χ0v) is 14.7. The number of alkyl halides is 3. The predicted molar refractivity (Wildman–Crippen MR) is 89.1 cm³/mol. The smallest absolute Gasteiger partial charge is 0.416 e. The molecule has 0 spiro atoms. The van der Waals surface area contributed by atoms with E-state index in [4.69, 9.17) is 10.6 Å². The molecule has 6 N–H and O–H groups in total. The van der Waals surface area contributed by atoms with E-state index in [0.717, 1.165) is 18.2 Å². The number of nitrogen functional groups attached to an aromatic ring is 1. The van der Waals surface area contributed by atoms with Crippen LogP contribution < -0.4 is 16.6 Å². The fourth-order valence-corrected chi connectivity index (χ4v) is 2.12. The topological polar surface area (TPSA) is 117 Å². The summed E-state index contributed by atoms with van der Waals surface area (Å²) in [6.07, 6.45) is -8.13. The monoisotopic (exact) mass is 379 g/mol. The van der Waals surface area contributed by atoms with Gasteiger partial charge in [0.1, 0.15) is 11.7 Å². The third kappa shape index (κ3) is 6.70. The van der Waals surface area contributed by atoms with Gasteiger partial charge in [-0.25, -0.2) is 4.79 Å². The molecule has 2 atom stereocenters. The second kappa shape index (κ2) is 8.56. The normalized spacial score (nSPS) is 14.5.